The molecule has 1 aliphatic carbocycles. The van der Waals surface area contributed by atoms with Gasteiger partial charge in [-0.3, -0.25) is 23.7 Å². The van der Waals surface area contributed by atoms with E-state index in [1.54, 1.807) is 18.2 Å². The molecule has 2 aromatic rings. The van der Waals surface area contributed by atoms with Crippen molar-refractivity contribution in [1.29, 1.82) is 0 Å². The van der Waals surface area contributed by atoms with Crippen molar-refractivity contribution >= 4 is 13.7 Å². The Bertz CT molecular complexity index is 1250. The molecule has 2 heterocycles. The summed E-state index contributed by atoms with van der Waals surface area (Å²) in [5, 5.41) is 13.1. The van der Waals surface area contributed by atoms with Gasteiger partial charge in [0.1, 0.15) is 30.1 Å². The summed E-state index contributed by atoms with van der Waals surface area (Å²) in [4.78, 5) is 37.8. The third-order valence-corrected chi connectivity index (χ3v) is 7.35. The summed E-state index contributed by atoms with van der Waals surface area (Å²) >= 11 is 0. The molecule has 0 amide bonds. The van der Waals surface area contributed by atoms with Crippen LogP contribution in [0.4, 0.5) is 4.39 Å². The molecule has 6 atom stereocenters. The van der Waals surface area contributed by atoms with E-state index in [1.165, 1.54) is 19.1 Å². The third kappa shape index (κ3) is 5.93. The van der Waals surface area contributed by atoms with E-state index in [-0.39, 0.29) is 11.9 Å². The number of H-pyrrole nitrogens is 1. The maximum absolute atomic E-state index is 15.4. The number of hydrogen-bond donors (Lipinski definition) is 3. The lowest BCUT2D eigenvalue weighted by atomic mass is 9.98. The van der Waals surface area contributed by atoms with Crippen LogP contribution in [-0.2, 0) is 23.4 Å². The predicted octanol–water partition coefficient (Wildman–Crippen LogP) is 1.41. The number of alkyl halides is 1. The van der Waals surface area contributed by atoms with Crippen molar-refractivity contribution in [2.45, 2.75) is 62.9 Å². The number of esters is 1. The van der Waals surface area contributed by atoms with Crippen molar-refractivity contribution in [3.8, 4) is 5.75 Å². The second-order valence-electron chi connectivity index (χ2n) is 8.82. The molecule has 36 heavy (non-hydrogen) atoms. The number of rotatable bonds is 10. The van der Waals surface area contributed by atoms with Crippen LogP contribution in [0, 0.1) is 0 Å². The topological polar surface area (TPSA) is 158 Å². The van der Waals surface area contributed by atoms with Gasteiger partial charge in [-0.2, -0.15) is 5.09 Å². The summed E-state index contributed by atoms with van der Waals surface area (Å²) in [5.74, 6) is -0.485. The van der Waals surface area contributed by atoms with E-state index in [1.807, 2.05) is 4.98 Å². The highest BCUT2D eigenvalue weighted by molar-refractivity contribution is 7.52. The van der Waals surface area contributed by atoms with Crippen LogP contribution in [0.1, 0.15) is 32.9 Å². The fourth-order valence-electron chi connectivity index (χ4n) is 3.59. The first-order valence-electron chi connectivity index (χ1n) is 11.3. The average Bonchev–Trinajstić information content (AvgIpc) is 3.60. The maximum Gasteiger partial charge on any atom is 0.459 e. The van der Waals surface area contributed by atoms with Crippen LogP contribution in [-0.4, -0.2) is 57.3 Å². The molecule has 0 spiro atoms. The molecule has 14 heteroatoms. The van der Waals surface area contributed by atoms with Crippen molar-refractivity contribution in [2.24, 2.45) is 0 Å². The first-order chi connectivity index (χ1) is 17.0. The van der Waals surface area contributed by atoms with Gasteiger partial charge >= 0.3 is 19.4 Å². The van der Waals surface area contributed by atoms with Crippen LogP contribution in [0.2, 0.25) is 0 Å². The Kier molecular flexibility index (Phi) is 7.48. The molecule has 2 fully saturated rings. The zero-order valence-electron chi connectivity index (χ0n) is 19.5. The van der Waals surface area contributed by atoms with Gasteiger partial charge in [-0.1, -0.05) is 18.2 Å². The number of hydrogen-bond acceptors (Lipinski definition) is 9. The summed E-state index contributed by atoms with van der Waals surface area (Å²) in [6.45, 7) is 1.82. The van der Waals surface area contributed by atoms with Gasteiger partial charge in [0.25, 0.3) is 5.56 Å². The number of carbonyl (C=O) groups excluding carboxylic acids is 1. The lowest BCUT2D eigenvalue weighted by Gasteiger charge is -2.25. The molecule has 12 nitrogen and oxygen atoms in total. The van der Waals surface area contributed by atoms with Crippen LogP contribution >= 0.6 is 7.75 Å². The van der Waals surface area contributed by atoms with E-state index in [2.05, 4.69) is 5.09 Å². The van der Waals surface area contributed by atoms with Gasteiger partial charge in [-0.15, -0.1) is 0 Å². The minimum atomic E-state index is -4.28. The van der Waals surface area contributed by atoms with Gasteiger partial charge in [-0.05, 0) is 38.8 Å². The normalized spacial score (nSPS) is 28.3. The molecule has 4 rings (SSSR count). The number of aromatic amines is 1. The molecule has 0 radical (unpaired) electrons. The second-order valence-corrected chi connectivity index (χ2v) is 10.5. The fraction of sp³-hybridized carbons (Fsp3) is 0.500. The van der Waals surface area contributed by atoms with Crippen LogP contribution in [0.3, 0.4) is 0 Å². The van der Waals surface area contributed by atoms with E-state index in [0.29, 0.717) is 0 Å². The molecule has 3 N–H and O–H groups in total. The Labute approximate surface area is 204 Å². The van der Waals surface area contributed by atoms with Gasteiger partial charge in [0.15, 0.2) is 11.9 Å². The molecule has 0 unspecified atom stereocenters. The van der Waals surface area contributed by atoms with Crippen molar-refractivity contribution in [3.05, 3.63) is 63.4 Å². The Morgan fingerprint density at radius 1 is 1.33 bits per heavy atom. The number of carbonyl (C=O) groups is 1. The molecule has 1 aliphatic heterocycles. The molecule has 1 aromatic carbocycles. The van der Waals surface area contributed by atoms with E-state index < -0.39 is 61.7 Å². The number of benzene rings is 1. The summed E-state index contributed by atoms with van der Waals surface area (Å²) in [5.41, 5.74) is -4.10. The maximum atomic E-state index is 15.4. The van der Waals surface area contributed by atoms with Gasteiger partial charge in [0.05, 0.1) is 6.61 Å². The van der Waals surface area contributed by atoms with Gasteiger partial charge in [0, 0.05) is 12.3 Å². The second kappa shape index (κ2) is 10.3. The van der Waals surface area contributed by atoms with Crippen LogP contribution < -0.4 is 20.9 Å². The van der Waals surface area contributed by atoms with Crippen molar-refractivity contribution in [3.63, 3.8) is 0 Å². The molecule has 2 aliphatic rings. The fourth-order valence-corrected chi connectivity index (χ4v) is 5.09. The number of para-hydroxylation sites is 1. The monoisotopic (exact) mass is 527 g/mol. The molecule has 196 valence electrons. The lowest BCUT2D eigenvalue weighted by molar-refractivity contribution is -0.146. The molecule has 1 saturated carbocycles. The van der Waals surface area contributed by atoms with Gasteiger partial charge in [-0.25, -0.2) is 13.8 Å². The number of ether oxygens (including phenoxy) is 2. The Morgan fingerprint density at radius 3 is 2.67 bits per heavy atom. The molecular formula is C22H27FN3O9P. The average molecular weight is 527 g/mol. The van der Waals surface area contributed by atoms with Crippen LogP contribution in [0.25, 0.3) is 0 Å². The van der Waals surface area contributed by atoms with E-state index in [9.17, 15) is 24.1 Å². The van der Waals surface area contributed by atoms with Crippen LogP contribution in [0.5, 0.6) is 5.75 Å². The summed E-state index contributed by atoms with van der Waals surface area (Å²) in [7, 11) is -4.28. The minimum Gasteiger partial charge on any atom is -0.461 e. The molecule has 1 saturated heterocycles. The number of aromatic nitrogens is 2. The molecular weight excluding hydrogens is 500 g/mol. The highest BCUT2D eigenvalue weighted by atomic mass is 31.2. The van der Waals surface area contributed by atoms with E-state index >= 15 is 4.39 Å². The lowest BCUT2D eigenvalue weighted by Crippen LogP contribution is -2.43. The number of aliphatic hydroxyl groups is 1. The highest BCUT2D eigenvalue weighted by Crippen LogP contribution is 2.47. The van der Waals surface area contributed by atoms with Crippen LogP contribution in [0.15, 0.2) is 52.2 Å². The quantitative estimate of drug-likeness (QED) is 0.305. The standard InChI is InChI=1S/C22H27FN3O9P/c1-13(19(29)33-14-8-9-14)25-36(31,35-15-6-4-3-5-7-15)32-12-16-18(28)22(2,23)20(34-16)26-11-10-17(27)24-21(26)30/h3-7,10-11,13-14,16,18,20,28H,8-9,12H2,1-2H3,(H,25,31)(H,24,27,30)/t13-,16+,18+,20+,22+,36-/m0/s1. The highest BCUT2D eigenvalue weighted by Gasteiger charge is 2.56. The van der Waals surface area contributed by atoms with Crippen molar-refractivity contribution in [2.75, 3.05) is 6.61 Å². The zero-order valence-corrected chi connectivity index (χ0v) is 20.4. The smallest absolute Gasteiger partial charge is 0.459 e. The van der Waals surface area contributed by atoms with Gasteiger partial charge in [0.2, 0.25) is 0 Å². The number of nitrogens with one attached hydrogen (secondary N) is 2. The van der Waals surface area contributed by atoms with Crippen molar-refractivity contribution in [1.82, 2.24) is 14.6 Å². The zero-order chi connectivity index (χ0) is 26.1. The number of nitrogens with zero attached hydrogens (tertiary/aromatic N) is 1. The molecule has 0 bridgehead atoms. The van der Waals surface area contributed by atoms with Gasteiger partial charge < -0.3 is 19.1 Å². The van der Waals surface area contributed by atoms with E-state index in [4.69, 9.17) is 18.5 Å². The molecule has 1 aromatic heterocycles. The summed E-state index contributed by atoms with van der Waals surface area (Å²) < 4.78 is 51.6. The predicted molar refractivity (Wildman–Crippen MR) is 123 cm³/mol. The third-order valence-electron chi connectivity index (χ3n) is 5.71. The summed E-state index contributed by atoms with van der Waals surface area (Å²) in [6, 6.07) is 7.95. The van der Waals surface area contributed by atoms with E-state index in [0.717, 1.165) is 36.6 Å². The SMILES string of the molecule is C[C@H](N[P@](=O)(OC[C@H]1O[C@@H](n2ccc(=O)[nH]c2=O)[C@](C)(F)[C@@H]1O)Oc1ccccc1)C(=O)OC1CC1. The minimum absolute atomic E-state index is 0.164. The first-order valence-corrected chi connectivity index (χ1v) is 12.8. The Morgan fingerprint density at radius 2 is 2.03 bits per heavy atom. The largest absolute Gasteiger partial charge is 0.461 e. The number of halogens is 1. The first kappa shape index (κ1) is 26.2. The Balaban J connectivity index is 1.50. The van der Waals surface area contributed by atoms with Crippen molar-refractivity contribution < 1.29 is 37.4 Å². The Hall–Kier alpha value is -2.83. The summed E-state index contributed by atoms with van der Waals surface area (Å²) in [6.07, 6.45) is -2.42. The number of aliphatic hydroxyl groups excluding tert-OH is 1.